The van der Waals surface area contributed by atoms with Crippen molar-refractivity contribution in [3.05, 3.63) is 27.7 Å². The third-order valence-electron chi connectivity index (χ3n) is 1.61. The molecule has 0 saturated heterocycles. The molecule has 2 nitrogen and oxygen atoms in total. The Hall–Kier alpha value is -0.290. The van der Waals surface area contributed by atoms with E-state index in [1.54, 1.807) is 0 Å². The fraction of sp³-hybridized carbons (Fsp3) is 0.125. The number of benzene rings is 1. The quantitative estimate of drug-likeness (QED) is 0.596. The van der Waals surface area contributed by atoms with E-state index in [9.17, 15) is 0 Å². The molecule has 62 valence electrons. The molecule has 0 N–H and O–H groups in total. The predicted octanol–water partition coefficient (Wildman–Crippen LogP) is 3.17. The molecule has 0 saturated carbocycles. The fourth-order valence-electron chi connectivity index (χ4n) is 1.08. The van der Waals surface area contributed by atoms with Gasteiger partial charge in [-0.25, -0.2) is 4.98 Å². The summed E-state index contributed by atoms with van der Waals surface area (Å²) in [5.74, 6) is 0.461. The van der Waals surface area contributed by atoms with Gasteiger partial charge < -0.3 is 4.42 Å². The number of rotatable bonds is 1. The molecule has 0 atom stereocenters. The maximum Gasteiger partial charge on any atom is 0.258 e. The third kappa shape index (κ3) is 1.31. The van der Waals surface area contributed by atoms with Crippen LogP contribution in [0.15, 0.2) is 22.6 Å². The highest BCUT2D eigenvalue weighted by Crippen LogP contribution is 2.21. The molecule has 1 aromatic heterocycles. The molecule has 0 amide bonds. The van der Waals surface area contributed by atoms with Crippen LogP contribution in [0.25, 0.3) is 11.1 Å². The maximum atomic E-state index is 5.72. The van der Waals surface area contributed by atoms with E-state index >= 15 is 0 Å². The number of hydrogen-bond acceptors (Lipinski definition) is 2. The molecule has 0 aliphatic carbocycles. The van der Waals surface area contributed by atoms with Crippen LogP contribution in [0.3, 0.4) is 0 Å². The van der Waals surface area contributed by atoms with Crippen molar-refractivity contribution in [1.29, 1.82) is 0 Å². The van der Waals surface area contributed by atoms with Crippen molar-refractivity contribution >= 4 is 45.3 Å². The van der Waals surface area contributed by atoms with Crippen LogP contribution in [0.1, 0.15) is 5.56 Å². The van der Waals surface area contributed by atoms with Gasteiger partial charge >= 0.3 is 0 Å². The van der Waals surface area contributed by atoms with Gasteiger partial charge in [0.25, 0.3) is 3.90 Å². The van der Waals surface area contributed by atoms with Gasteiger partial charge in [0.1, 0.15) is 5.52 Å². The molecule has 0 unspecified atom stereocenters. The minimum atomic E-state index is 0.461. The lowest BCUT2D eigenvalue weighted by Crippen LogP contribution is -1.77. The van der Waals surface area contributed by atoms with Crippen molar-refractivity contribution in [2.24, 2.45) is 0 Å². The normalized spacial score (nSPS) is 10.8. The van der Waals surface area contributed by atoms with Crippen LogP contribution in [-0.4, -0.2) is 4.98 Å². The van der Waals surface area contributed by atoms with E-state index in [1.165, 1.54) is 0 Å². The van der Waals surface area contributed by atoms with Gasteiger partial charge in [0, 0.05) is 28.2 Å². The monoisotopic (exact) mass is 293 g/mol. The molecule has 1 heterocycles. The molecule has 4 heteroatoms. The molecule has 1 aromatic carbocycles. The average molecular weight is 293 g/mol. The number of para-hydroxylation sites is 1. The van der Waals surface area contributed by atoms with Gasteiger partial charge in [0.15, 0.2) is 5.58 Å². The second-order valence-electron chi connectivity index (χ2n) is 2.37. The lowest BCUT2D eigenvalue weighted by atomic mass is 10.2. The SMILES string of the molecule is ClCc1cccc2nc(I)oc12. The molecule has 2 aromatic rings. The van der Waals surface area contributed by atoms with Crippen molar-refractivity contribution in [3.8, 4) is 0 Å². The third-order valence-corrected chi connectivity index (χ3v) is 2.36. The Morgan fingerprint density at radius 3 is 3.08 bits per heavy atom. The van der Waals surface area contributed by atoms with Crippen LogP contribution in [0.4, 0.5) is 0 Å². The lowest BCUT2D eigenvalue weighted by Gasteiger charge is -1.92. The van der Waals surface area contributed by atoms with Gasteiger partial charge in [-0.05, 0) is 6.07 Å². The van der Waals surface area contributed by atoms with Crippen LogP contribution in [0.5, 0.6) is 0 Å². The topological polar surface area (TPSA) is 26.0 Å². The van der Waals surface area contributed by atoms with E-state index in [-0.39, 0.29) is 0 Å². The first-order valence-corrected chi connectivity index (χ1v) is 5.02. The first kappa shape index (κ1) is 8.31. The van der Waals surface area contributed by atoms with Gasteiger partial charge in [-0.2, -0.15) is 0 Å². The van der Waals surface area contributed by atoms with E-state index in [4.69, 9.17) is 16.0 Å². The molecule has 2 rings (SSSR count). The molecule has 0 radical (unpaired) electrons. The van der Waals surface area contributed by atoms with Crippen LogP contribution in [-0.2, 0) is 5.88 Å². The van der Waals surface area contributed by atoms with Gasteiger partial charge in [-0.1, -0.05) is 12.1 Å². The summed E-state index contributed by atoms with van der Waals surface area (Å²) in [6, 6.07) is 5.78. The number of alkyl halides is 1. The van der Waals surface area contributed by atoms with Crippen LogP contribution in [0, 0.1) is 3.90 Å². The largest absolute Gasteiger partial charge is 0.431 e. The minimum absolute atomic E-state index is 0.461. The number of hydrogen-bond donors (Lipinski definition) is 0. The Labute approximate surface area is 88.1 Å². The minimum Gasteiger partial charge on any atom is -0.431 e. The summed E-state index contributed by atoms with van der Waals surface area (Å²) >= 11 is 7.77. The van der Waals surface area contributed by atoms with Crippen molar-refractivity contribution in [2.75, 3.05) is 0 Å². The zero-order valence-corrected chi connectivity index (χ0v) is 8.96. The zero-order valence-electron chi connectivity index (χ0n) is 6.05. The van der Waals surface area contributed by atoms with E-state index in [0.717, 1.165) is 16.7 Å². The summed E-state index contributed by atoms with van der Waals surface area (Å²) in [7, 11) is 0. The van der Waals surface area contributed by atoms with Crippen molar-refractivity contribution in [1.82, 2.24) is 4.98 Å². The maximum absolute atomic E-state index is 5.72. The second kappa shape index (κ2) is 3.22. The Balaban J connectivity index is 2.78. The number of halogens is 2. The first-order valence-electron chi connectivity index (χ1n) is 3.41. The zero-order chi connectivity index (χ0) is 8.55. The molecule has 0 aliphatic rings. The van der Waals surface area contributed by atoms with Gasteiger partial charge in [-0.3, -0.25) is 0 Å². The Bertz CT molecular complexity index is 412. The van der Waals surface area contributed by atoms with E-state index in [2.05, 4.69) is 4.98 Å². The van der Waals surface area contributed by atoms with E-state index in [1.807, 2.05) is 40.8 Å². The van der Waals surface area contributed by atoms with Gasteiger partial charge in [0.05, 0.1) is 5.88 Å². The number of nitrogens with zero attached hydrogens (tertiary/aromatic N) is 1. The molecule has 0 fully saturated rings. The molecule has 0 aliphatic heterocycles. The van der Waals surface area contributed by atoms with Crippen molar-refractivity contribution in [3.63, 3.8) is 0 Å². The molecule has 0 bridgehead atoms. The highest BCUT2D eigenvalue weighted by Gasteiger charge is 2.06. The molecule has 0 spiro atoms. The summed E-state index contributed by atoms with van der Waals surface area (Å²) in [6.07, 6.45) is 0. The summed E-state index contributed by atoms with van der Waals surface area (Å²) in [4.78, 5) is 4.18. The second-order valence-corrected chi connectivity index (χ2v) is 3.56. The molecular formula is C8H5ClINO. The standard InChI is InChI=1S/C8H5ClINO/c9-4-5-2-1-3-6-7(5)12-8(10)11-6/h1-3H,4H2. The van der Waals surface area contributed by atoms with Crippen LogP contribution in [0.2, 0.25) is 0 Å². The average Bonchev–Trinajstić information content (AvgIpc) is 2.44. The van der Waals surface area contributed by atoms with Crippen LogP contribution >= 0.6 is 34.2 Å². The summed E-state index contributed by atoms with van der Waals surface area (Å²) in [5, 5.41) is 0. The summed E-state index contributed by atoms with van der Waals surface area (Å²) < 4.78 is 6.03. The summed E-state index contributed by atoms with van der Waals surface area (Å²) in [5.41, 5.74) is 2.67. The van der Waals surface area contributed by atoms with E-state index in [0.29, 0.717) is 9.78 Å². The fourth-order valence-corrected chi connectivity index (χ4v) is 1.77. The highest BCUT2D eigenvalue weighted by atomic mass is 127. The van der Waals surface area contributed by atoms with Crippen LogP contribution < -0.4 is 0 Å². The lowest BCUT2D eigenvalue weighted by molar-refractivity contribution is 0.564. The predicted molar refractivity (Wildman–Crippen MR) is 56.3 cm³/mol. The van der Waals surface area contributed by atoms with E-state index < -0.39 is 0 Å². The van der Waals surface area contributed by atoms with Crippen molar-refractivity contribution < 1.29 is 4.42 Å². The highest BCUT2D eigenvalue weighted by molar-refractivity contribution is 14.1. The van der Waals surface area contributed by atoms with Crippen molar-refractivity contribution in [2.45, 2.75) is 5.88 Å². The molecular weight excluding hydrogens is 288 g/mol. The number of aromatic nitrogens is 1. The molecule has 12 heavy (non-hydrogen) atoms. The summed E-state index contributed by atoms with van der Waals surface area (Å²) in [6.45, 7) is 0. The number of fused-ring (bicyclic) bond motifs is 1. The Morgan fingerprint density at radius 1 is 1.50 bits per heavy atom. The van der Waals surface area contributed by atoms with Gasteiger partial charge in [0.2, 0.25) is 0 Å². The number of oxazole rings is 1. The Morgan fingerprint density at radius 2 is 2.33 bits per heavy atom. The smallest absolute Gasteiger partial charge is 0.258 e. The van der Waals surface area contributed by atoms with Gasteiger partial charge in [-0.15, -0.1) is 11.6 Å². The first-order chi connectivity index (χ1) is 5.81. The Kier molecular flexibility index (Phi) is 2.23.